The fourth-order valence-corrected chi connectivity index (χ4v) is 2.37. The average molecular weight is 266 g/mol. The van der Waals surface area contributed by atoms with Gasteiger partial charge in [-0.25, -0.2) is 0 Å². The molecule has 1 aliphatic carbocycles. The molecule has 0 aromatic heterocycles. The molecule has 0 aromatic carbocycles. The first-order valence-electron chi connectivity index (χ1n) is 6.45. The molecule has 18 heavy (non-hydrogen) atoms. The predicted molar refractivity (Wildman–Crippen MR) is 63.1 cm³/mol. The molecule has 0 saturated heterocycles. The van der Waals surface area contributed by atoms with Crippen molar-refractivity contribution in [3.05, 3.63) is 0 Å². The molecule has 1 rings (SSSR count). The highest BCUT2D eigenvalue weighted by atomic mass is 19.4. The summed E-state index contributed by atoms with van der Waals surface area (Å²) in [5.74, 6) is 0.0997. The first kappa shape index (κ1) is 15.3. The monoisotopic (exact) mass is 266 g/mol. The van der Waals surface area contributed by atoms with E-state index >= 15 is 0 Å². The Morgan fingerprint density at radius 3 is 2.44 bits per heavy atom. The van der Waals surface area contributed by atoms with E-state index in [9.17, 15) is 18.0 Å². The number of rotatable bonds is 5. The molecule has 6 heteroatoms. The van der Waals surface area contributed by atoms with Crippen molar-refractivity contribution in [3.63, 3.8) is 0 Å². The molecule has 3 nitrogen and oxygen atoms in total. The molecule has 0 spiro atoms. The molecule has 2 N–H and O–H groups in total. The van der Waals surface area contributed by atoms with E-state index in [0.717, 1.165) is 12.8 Å². The first-order chi connectivity index (χ1) is 8.38. The van der Waals surface area contributed by atoms with Crippen molar-refractivity contribution in [3.8, 4) is 0 Å². The number of alkyl halides is 3. The van der Waals surface area contributed by atoms with Crippen molar-refractivity contribution < 1.29 is 18.0 Å². The van der Waals surface area contributed by atoms with Gasteiger partial charge in [0, 0.05) is 6.04 Å². The zero-order chi connectivity index (χ0) is 13.6. The molecule has 0 heterocycles. The van der Waals surface area contributed by atoms with Crippen LogP contribution >= 0.6 is 0 Å². The molecular formula is C12H21F3N2O. The van der Waals surface area contributed by atoms with E-state index in [1.807, 2.05) is 6.92 Å². The minimum absolute atomic E-state index is 0.0467. The van der Waals surface area contributed by atoms with Gasteiger partial charge in [-0.1, -0.05) is 19.3 Å². The highest BCUT2D eigenvalue weighted by Gasteiger charge is 2.27. The topological polar surface area (TPSA) is 41.1 Å². The largest absolute Gasteiger partial charge is 0.401 e. The molecule has 1 saturated carbocycles. The number of carbonyl (C=O) groups excluding carboxylic acids is 1. The lowest BCUT2D eigenvalue weighted by Crippen LogP contribution is -2.44. The third-order valence-electron chi connectivity index (χ3n) is 3.36. The van der Waals surface area contributed by atoms with Crippen LogP contribution in [0.2, 0.25) is 0 Å². The number of nitrogens with one attached hydrogen (secondary N) is 2. The Balaban J connectivity index is 2.18. The minimum atomic E-state index is -4.27. The second-order valence-electron chi connectivity index (χ2n) is 4.97. The number of amides is 1. The van der Waals surface area contributed by atoms with Crippen molar-refractivity contribution in [2.24, 2.45) is 5.92 Å². The lowest BCUT2D eigenvalue weighted by molar-refractivity contribution is -0.128. The van der Waals surface area contributed by atoms with Crippen molar-refractivity contribution in [1.82, 2.24) is 10.6 Å². The summed E-state index contributed by atoms with van der Waals surface area (Å²) in [4.78, 5) is 11.4. The molecule has 0 aromatic rings. The summed E-state index contributed by atoms with van der Waals surface area (Å²) >= 11 is 0. The Bertz CT molecular complexity index is 263. The normalized spacial score (nSPS) is 19.6. The summed E-state index contributed by atoms with van der Waals surface area (Å²) in [6.07, 6.45) is 1.52. The Labute approximate surface area is 106 Å². The predicted octanol–water partition coefficient (Wildman–Crippen LogP) is 2.22. The average Bonchev–Trinajstić information content (AvgIpc) is 2.28. The van der Waals surface area contributed by atoms with Crippen LogP contribution < -0.4 is 10.6 Å². The molecule has 0 radical (unpaired) electrons. The SMILES string of the molecule is CC(NC(=O)CNCC(F)(F)F)C1CCCCC1. The van der Waals surface area contributed by atoms with Gasteiger partial charge in [-0.3, -0.25) is 4.79 Å². The molecule has 106 valence electrons. The summed E-state index contributed by atoms with van der Waals surface area (Å²) in [5.41, 5.74) is 0. The molecule has 0 bridgehead atoms. The van der Waals surface area contributed by atoms with Crippen molar-refractivity contribution in [2.75, 3.05) is 13.1 Å². The van der Waals surface area contributed by atoms with Gasteiger partial charge in [0.1, 0.15) is 0 Å². The summed E-state index contributed by atoms with van der Waals surface area (Å²) in [7, 11) is 0. The highest BCUT2D eigenvalue weighted by molar-refractivity contribution is 5.78. The second kappa shape index (κ2) is 6.97. The summed E-state index contributed by atoms with van der Waals surface area (Å²) in [6, 6.07) is 0.0467. The summed E-state index contributed by atoms with van der Waals surface area (Å²) < 4.78 is 35.6. The smallest absolute Gasteiger partial charge is 0.352 e. The zero-order valence-electron chi connectivity index (χ0n) is 10.6. The molecule has 1 unspecified atom stereocenters. The van der Waals surface area contributed by atoms with Crippen LogP contribution in [0.1, 0.15) is 39.0 Å². The van der Waals surface area contributed by atoms with E-state index < -0.39 is 12.7 Å². The molecule has 1 atom stereocenters. The fourth-order valence-electron chi connectivity index (χ4n) is 2.37. The lowest BCUT2D eigenvalue weighted by atomic mass is 9.84. The van der Waals surface area contributed by atoms with Gasteiger partial charge >= 0.3 is 6.18 Å². The third-order valence-corrected chi connectivity index (χ3v) is 3.36. The van der Waals surface area contributed by atoms with E-state index in [1.54, 1.807) is 0 Å². The van der Waals surface area contributed by atoms with Gasteiger partial charge in [0.25, 0.3) is 0 Å². The van der Waals surface area contributed by atoms with Crippen LogP contribution in [0, 0.1) is 5.92 Å². The number of halogens is 3. The number of hydrogen-bond acceptors (Lipinski definition) is 2. The number of carbonyl (C=O) groups is 1. The van der Waals surface area contributed by atoms with E-state index in [1.165, 1.54) is 19.3 Å². The van der Waals surface area contributed by atoms with Crippen LogP contribution in [0.15, 0.2) is 0 Å². The van der Waals surface area contributed by atoms with Crippen LogP contribution in [0.25, 0.3) is 0 Å². The van der Waals surface area contributed by atoms with Crippen LogP contribution in [0.5, 0.6) is 0 Å². The second-order valence-corrected chi connectivity index (χ2v) is 4.97. The van der Waals surface area contributed by atoms with E-state index in [-0.39, 0.29) is 18.5 Å². The number of hydrogen-bond donors (Lipinski definition) is 2. The third kappa shape index (κ3) is 6.23. The Kier molecular flexibility index (Phi) is 5.91. The highest BCUT2D eigenvalue weighted by Crippen LogP contribution is 2.26. The molecular weight excluding hydrogens is 245 g/mol. The maximum atomic E-state index is 11.9. The van der Waals surface area contributed by atoms with Gasteiger partial charge in [0.2, 0.25) is 5.91 Å². The van der Waals surface area contributed by atoms with Crippen LogP contribution in [0.4, 0.5) is 13.2 Å². The zero-order valence-corrected chi connectivity index (χ0v) is 10.6. The Morgan fingerprint density at radius 2 is 1.89 bits per heavy atom. The Morgan fingerprint density at radius 1 is 1.28 bits per heavy atom. The molecule has 1 aliphatic rings. The minimum Gasteiger partial charge on any atom is -0.352 e. The fraction of sp³-hybridized carbons (Fsp3) is 0.917. The van der Waals surface area contributed by atoms with Gasteiger partial charge in [0.15, 0.2) is 0 Å². The standard InChI is InChI=1S/C12H21F3N2O/c1-9(10-5-3-2-4-6-10)17-11(18)7-16-8-12(13,14)15/h9-10,16H,2-8H2,1H3,(H,17,18). The van der Waals surface area contributed by atoms with E-state index in [4.69, 9.17) is 0 Å². The van der Waals surface area contributed by atoms with Gasteiger partial charge in [-0.2, -0.15) is 13.2 Å². The molecule has 1 amide bonds. The quantitative estimate of drug-likeness (QED) is 0.801. The van der Waals surface area contributed by atoms with Gasteiger partial charge in [0.05, 0.1) is 13.1 Å². The molecule has 0 aliphatic heterocycles. The van der Waals surface area contributed by atoms with Crippen molar-refractivity contribution in [1.29, 1.82) is 0 Å². The van der Waals surface area contributed by atoms with Crippen LogP contribution in [-0.4, -0.2) is 31.2 Å². The van der Waals surface area contributed by atoms with Gasteiger partial charge in [-0.05, 0) is 25.7 Å². The van der Waals surface area contributed by atoms with Crippen LogP contribution in [0.3, 0.4) is 0 Å². The van der Waals surface area contributed by atoms with E-state index in [0.29, 0.717) is 5.92 Å². The van der Waals surface area contributed by atoms with E-state index in [2.05, 4.69) is 10.6 Å². The lowest BCUT2D eigenvalue weighted by Gasteiger charge is -2.28. The first-order valence-corrected chi connectivity index (χ1v) is 6.45. The maximum Gasteiger partial charge on any atom is 0.401 e. The Hall–Kier alpha value is -0.780. The van der Waals surface area contributed by atoms with Gasteiger partial charge < -0.3 is 10.6 Å². The van der Waals surface area contributed by atoms with Crippen LogP contribution in [-0.2, 0) is 4.79 Å². The van der Waals surface area contributed by atoms with Crippen molar-refractivity contribution in [2.45, 2.75) is 51.2 Å². The summed E-state index contributed by atoms with van der Waals surface area (Å²) in [5, 5.41) is 4.86. The van der Waals surface area contributed by atoms with Gasteiger partial charge in [-0.15, -0.1) is 0 Å². The molecule has 1 fully saturated rings. The summed E-state index contributed by atoms with van der Waals surface area (Å²) in [6.45, 7) is 0.520. The maximum absolute atomic E-state index is 11.9. The van der Waals surface area contributed by atoms with Crippen molar-refractivity contribution >= 4 is 5.91 Å².